The van der Waals surface area contributed by atoms with Gasteiger partial charge in [-0.1, -0.05) is 48.3 Å². The normalized spacial score (nSPS) is 14.7. The van der Waals surface area contributed by atoms with Gasteiger partial charge in [-0.3, -0.25) is 9.59 Å². The average Bonchev–Trinajstić information content (AvgIpc) is 3.22. The van der Waals surface area contributed by atoms with Crippen LogP contribution in [0.15, 0.2) is 24.3 Å². The van der Waals surface area contributed by atoms with Gasteiger partial charge in [0.15, 0.2) is 0 Å². The minimum Gasteiger partial charge on any atom is -0.350 e. The van der Waals surface area contributed by atoms with Gasteiger partial charge < -0.3 is 15.5 Å². The highest BCUT2D eigenvalue weighted by Gasteiger charge is 2.19. The fourth-order valence-corrected chi connectivity index (χ4v) is 4.31. The molecule has 9 heteroatoms. The zero-order chi connectivity index (χ0) is 20.6. The monoisotopic (exact) mass is 435 g/mol. The number of hydrogen-bond donors (Lipinski definition) is 2. The maximum atomic E-state index is 12.3. The second kappa shape index (κ2) is 10.7. The number of hydrogen-bond acceptors (Lipinski definition) is 6. The molecule has 0 saturated heterocycles. The Kier molecular flexibility index (Phi) is 7.97. The lowest BCUT2D eigenvalue weighted by Gasteiger charge is -2.31. The largest absolute Gasteiger partial charge is 0.350 e. The molecule has 0 bridgehead atoms. The van der Waals surface area contributed by atoms with Crippen molar-refractivity contribution >= 4 is 40.4 Å². The lowest BCUT2D eigenvalue weighted by Crippen LogP contribution is -2.35. The summed E-state index contributed by atoms with van der Waals surface area (Å²) in [5.74, 6) is -0.720. The molecular weight excluding hydrogens is 410 g/mol. The van der Waals surface area contributed by atoms with Crippen LogP contribution in [0.3, 0.4) is 0 Å². The first-order valence-corrected chi connectivity index (χ1v) is 11.1. The Morgan fingerprint density at radius 1 is 1.17 bits per heavy atom. The maximum absolute atomic E-state index is 12.3. The Morgan fingerprint density at radius 2 is 1.90 bits per heavy atom. The topological polar surface area (TPSA) is 87.2 Å². The van der Waals surface area contributed by atoms with E-state index < -0.39 is 5.91 Å². The van der Waals surface area contributed by atoms with Crippen LogP contribution in [-0.2, 0) is 0 Å². The summed E-state index contributed by atoms with van der Waals surface area (Å²) in [7, 11) is 2.16. The third kappa shape index (κ3) is 6.48. The maximum Gasteiger partial charge on any atom is 0.286 e. The van der Waals surface area contributed by atoms with Crippen molar-refractivity contribution in [3.63, 3.8) is 0 Å². The van der Waals surface area contributed by atoms with Crippen LogP contribution in [-0.4, -0.2) is 53.1 Å². The molecule has 0 spiro atoms. The van der Waals surface area contributed by atoms with Crippen LogP contribution in [0.2, 0.25) is 5.02 Å². The van der Waals surface area contributed by atoms with Gasteiger partial charge in [0.1, 0.15) is 0 Å². The highest BCUT2D eigenvalue weighted by atomic mass is 35.5. The van der Waals surface area contributed by atoms with E-state index in [1.54, 1.807) is 24.3 Å². The summed E-state index contributed by atoms with van der Waals surface area (Å²) in [6.45, 7) is 1.52. The molecule has 1 aromatic carbocycles. The molecule has 0 atom stereocenters. The Labute approximate surface area is 179 Å². The molecule has 0 radical (unpaired) electrons. The van der Waals surface area contributed by atoms with Crippen LogP contribution in [0.4, 0.5) is 5.69 Å². The Hall–Kier alpha value is -2.03. The van der Waals surface area contributed by atoms with Gasteiger partial charge in [-0.05, 0) is 51.1 Å². The van der Waals surface area contributed by atoms with E-state index in [1.807, 2.05) is 0 Å². The molecule has 0 aliphatic heterocycles. The lowest BCUT2D eigenvalue weighted by atomic mass is 9.94. The summed E-state index contributed by atoms with van der Waals surface area (Å²) in [6, 6.07) is 7.49. The Morgan fingerprint density at radius 3 is 2.62 bits per heavy atom. The smallest absolute Gasteiger partial charge is 0.286 e. The van der Waals surface area contributed by atoms with Gasteiger partial charge >= 0.3 is 0 Å². The van der Waals surface area contributed by atoms with Gasteiger partial charge in [-0.25, -0.2) is 0 Å². The molecule has 29 heavy (non-hydrogen) atoms. The fourth-order valence-electron chi connectivity index (χ4n) is 3.47. The number of anilines is 1. The molecule has 2 N–H and O–H groups in total. The third-order valence-corrected chi connectivity index (χ3v) is 6.22. The molecule has 1 fully saturated rings. The van der Waals surface area contributed by atoms with Gasteiger partial charge in [0.2, 0.25) is 10.0 Å². The minimum absolute atomic E-state index is 0.132. The van der Waals surface area contributed by atoms with Crippen molar-refractivity contribution in [1.82, 2.24) is 20.4 Å². The summed E-state index contributed by atoms with van der Waals surface area (Å²) in [5.41, 5.74) is 0.561. The molecule has 1 aliphatic rings. The molecule has 7 nitrogen and oxygen atoms in total. The van der Waals surface area contributed by atoms with Gasteiger partial charge in [0.05, 0.1) is 0 Å². The standard InChI is InChI=1S/C20H26ClN5O2S/c1-26(16-9-3-2-4-10-16)12-6-11-22-17(27)19-24-25-20(29-19)18(28)23-15-8-5-7-14(21)13-15/h5,7-8,13,16H,2-4,6,9-12H2,1H3,(H,22,27)(H,23,28). The number of aromatic nitrogens is 2. The first-order chi connectivity index (χ1) is 14.0. The summed E-state index contributed by atoms with van der Waals surface area (Å²) in [5, 5.41) is 14.1. The van der Waals surface area contributed by atoms with E-state index in [0.717, 1.165) is 24.3 Å². The summed E-state index contributed by atoms with van der Waals surface area (Å²) in [4.78, 5) is 26.9. The number of nitrogens with zero attached hydrogens (tertiary/aromatic N) is 3. The van der Waals surface area contributed by atoms with Crippen molar-refractivity contribution in [3.8, 4) is 0 Å². The molecule has 1 aliphatic carbocycles. The molecule has 1 aromatic heterocycles. The summed E-state index contributed by atoms with van der Waals surface area (Å²) >= 11 is 6.88. The molecule has 1 saturated carbocycles. The van der Waals surface area contributed by atoms with Gasteiger partial charge in [-0.2, -0.15) is 0 Å². The number of nitrogens with one attached hydrogen (secondary N) is 2. The molecule has 2 aromatic rings. The lowest BCUT2D eigenvalue weighted by molar-refractivity contribution is 0.0948. The van der Waals surface area contributed by atoms with Crippen molar-refractivity contribution in [2.24, 2.45) is 0 Å². The van der Waals surface area contributed by atoms with Crippen molar-refractivity contribution in [2.75, 3.05) is 25.5 Å². The molecular formula is C20H26ClN5O2S. The molecule has 2 amide bonds. The number of rotatable bonds is 8. The van der Waals surface area contributed by atoms with Crippen molar-refractivity contribution in [3.05, 3.63) is 39.3 Å². The van der Waals surface area contributed by atoms with E-state index in [4.69, 9.17) is 11.6 Å². The van der Waals surface area contributed by atoms with Crippen molar-refractivity contribution in [2.45, 2.75) is 44.6 Å². The molecule has 1 heterocycles. The number of carbonyl (C=O) groups excluding carboxylic acids is 2. The van der Waals surface area contributed by atoms with E-state index in [1.165, 1.54) is 32.1 Å². The van der Waals surface area contributed by atoms with Crippen LogP contribution >= 0.6 is 22.9 Å². The average molecular weight is 436 g/mol. The predicted octanol–water partition coefficient (Wildman–Crippen LogP) is 3.83. The van der Waals surface area contributed by atoms with Gasteiger partial charge in [0.25, 0.3) is 11.8 Å². The highest BCUT2D eigenvalue weighted by molar-refractivity contribution is 7.15. The van der Waals surface area contributed by atoms with Crippen LogP contribution in [0.1, 0.15) is 58.1 Å². The highest BCUT2D eigenvalue weighted by Crippen LogP contribution is 2.21. The van der Waals surface area contributed by atoms with Gasteiger partial charge in [0, 0.05) is 23.3 Å². The predicted molar refractivity (Wildman–Crippen MR) is 116 cm³/mol. The Bertz CT molecular complexity index is 838. The summed E-state index contributed by atoms with van der Waals surface area (Å²) < 4.78 is 0. The van der Waals surface area contributed by atoms with E-state index in [-0.39, 0.29) is 15.9 Å². The van der Waals surface area contributed by atoms with Gasteiger partial charge in [-0.15, -0.1) is 10.2 Å². The van der Waals surface area contributed by atoms with Crippen LogP contribution < -0.4 is 10.6 Å². The third-order valence-electron chi connectivity index (χ3n) is 5.07. The van der Waals surface area contributed by atoms with Crippen molar-refractivity contribution in [1.29, 1.82) is 0 Å². The molecule has 0 unspecified atom stereocenters. The van der Waals surface area contributed by atoms with Crippen LogP contribution in [0.25, 0.3) is 0 Å². The van der Waals surface area contributed by atoms with E-state index in [9.17, 15) is 9.59 Å². The van der Waals surface area contributed by atoms with Crippen LogP contribution in [0.5, 0.6) is 0 Å². The Balaban J connectivity index is 1.42. The number of amides is 2. The van der Waals surface area contributed by atoms with E-state index >= 15 is 0 Å². The number of carbonyl (C=O) groups is 2. The SMILES string of the molecule is CN(CCCNC(=O)c1nnc(C(=O)Nc2cccc(Cl)c2)s1)C1CCCCC1. The first-order valence-electron chi connectivity index (χ1n) is 9.92. The molecule has 156 valence electrons. The molecule has 3 rings (SSSR count). The zero-order valence-corrected chi connectivity index (χ0v) is 18.1. The number of benzene rings is 1. The second-order valence-corrected chi connectivity index (χ2v) is 8.67. The number of halogens is 1. The van der Waals surface area contributed by atoms with E-state index in [2.05, 4.69) is 32.8 Å². The van der Waals surface area contributed by atoms with Crippen molar-refractivity contribution < 1.29 is 9.59 Å². The zero-order valence-electron chi connectivity index (χ0n) is 16.5. The summed E-state index contributed by atoms with van der Waals surface area (Å²) in [6.07, 6.45) is 7.40. The fraction of sp³-hybridized carbons (Fsp3) is 0.500. The second-order valence-electron chi connectivity index (χ2n) is 7.26. The van der Waals surface area contributed by atoms with Crippen LogP contribution in [0, 0.1) is 0 Å². The minimum atomic E-state index is -0.419. The quantitative estimate of drug-likeness (QED) is 0.615. The van der Waals surface area contributed by atoms with E-state index in [0.29, 0.717) is 23.3 Å². The first kappa shape index (κ1) is 21.7.